The van der Waals surface area contributed by atoms with Crippen LogP contribution in [0.2, 0.25) is 5.02 Å². The summed E-state index contributed by atoms with van der Waals surface area (Å²) in [5.74, 6) is 2.74. The maximum Gasteiger partial charge on any atom is 0.188 e. The van der Waals surface area contributed by atoms with Crippen LogP contribution in [-0.2, 0) is 17.8 Å². The van der Waals surface area contributed by atoms with E-state index >= 15 is 0 Å². The molecule has 0 amide bonds. The zero-order valence-electron chi connectivity index (χ0n) is 20.3. The molecule has 2 heterocycles. The lowest BCUT2D eigenvalue weighted by Crippen LogP contribution is -2.07. The zero-order chi connectivity index (χ0) is 25.6. The highest BCUT2D eigenvalue weighted by molar-refractivity contribution is 7.98. The molecule has 6 nitrogen and oxygen atoms in total. The summed E-state index contributed by atoms with van der Waals surface area (Å²) in [6.07, 6.45) is 5.29. The van der Waals surface area contributed by atoms with Crippen molar-refractivity contribution in [3.63, 3.8) is 0 Å². The van der Waals surface area contributed by atoms with Crippen molar-refractivity contribution < 1.29 is 13.9 Å². The molecule has 3 aromatic carbocycles. The average Bonchev–Trinajstić information content (AvgIpc) is 3.34. The Balaban J connectivity index is 1.29. The van der Waals surface area contributed by atoms with E-state index in [1.165, 1.54) is 18.5 Å². The maximum absolute atomic E-state index is 13.4. The topological polar surface area (TPSA) is 68.6 Å². The molecule has 9 heteroatoms. The molecule has 37 heavy (non-hydrogen) atoms. The molecule has 1 aromatic heterocycles. The predicted molar refractivity (Wildman–Crippen MR) is 149 cm³/mol. The number of anilines is 2. The van der Waals surface area contributed by atoms with Crippen LogP contribution in [0.5, 0.6) is 5.75 Å². The number of ether oxygens (including phenoxy) is 2. The van der Waals surface area contributed by atoms with Crippen molar-refractivity contribution in [1.82, 2.24) is 9.97 Å². The number of benzene rings is 3. The largest absolute Gasteiger partial charge is 0.487 e. The summed E-state index contributed by atoms with van der Waals surface area (Å²) >= 11 is 8.30. The molecule has 1 atom stereocenters. The van der Waals surface area contributed by atoms with Gasteiger partial charge in [-0.2, -0.15) is 11.8 Å². The van der Waals surface area contributed by atoms with Crippen LogP contribution in [0, 0.1) is 5.82 Å². The van der Waals surface area contributed by atoms with E-state index in [2.05, 4.69) is 27.6 Å². The molecule has 5 rings (SSSR count). The summed E-state index contributed by atoms with van der Waals surface area (Å²) in [5.41, 5.74) is 3.39. The highest BCUT2D eigenvalue weighted by Crippen LogP contribution is 2.31. The van der Waals surface area contributed by atoms with Gasteiger partial charge in [0.2, 0.25) is 0 Å². The predicted octanol–water partition coefficient (Wildman–Crippen LogP) is 6.84. The Morgan fingerprint density at radius 2 is 2.03 bits per heavy atom. The van der Waals surface area contributed by atoms with Gasteiger partial charge in [0.1, 0.15) is 36.9 Å². The van der Waals surface area contributed by atoms with Crippen LogP contribution in [0.1, 0.15) is 17.5 Å². The third-order valence-electron chi connectivity index (χ3n) is 5.96. The molecule has 0 bridgehead atoms. The molecule has 4 aromatic rings. The second-order valence-electron chi connectivity index (χ2n) is 8.71. The van der Waals surface area contributed by atoms with Gasteiger partial charge in [0.25, 0.3) is 0 Å². The Labute approximate surface area is 224 Å². The Morgan fingerprint density at radius 3 is 2.86 bits per heavy atom. The van der Waals surface area contributed by atoms with E-state index in [0.717, 1.165) is 45.8 Å². The van der Waals surface area contributed by atoms with E-state index in [4.69, 9.17) is 26.1 Å². The molecular formula is C28H26ClFN4O2S. The van der Waals surface area contributed by atoms with Gasteiger partial charge in [0, 0.05) is 17.5 Å². The van der Waals surface area contributed by atoms with Gasteiger partial charge in [-0.25, -0.2) is 19.4 Å². The summed E-state index contributed by atoms with van der Waals surface area (Å²) in [7, 11) is 0. The van der Waals surface area contributed by atoms with Crippen molar-refractivity contribution in [3.05, 3.63) is 89.0 Å². The van der Waals surface area contributed by atoms with Gasteiger partial charge < -0.3 is 14.8 Å². The summed E-state index contributed by atoms with van der Waals surface area (Å²) in [6.45, 7) is 0.874. The Kier molecular flexibility index (Phi) is 8.06. The SMILES string of the molecule is CSCC[C@H]1COC(Cc2ccc3ncnc(Nc4ccc(OCc5cccc(F)c5)c(Cl)c4)c3c2)=N1. The van der Waals surface area contributed by atoms with Gasteiger partial charge in [-0.05, 0) is 72.0 Å². The van der Waals surface area contributed by atoms with Gasteiger partial charge in [-0.3, -0.25) is 0 Å². The van der Waals surface area contributed by atoms with Crippen LogP contribution < -0.4 is 10.1 Å². The van der Waals surface area contributed by atoms with E-state index in [-0.39, 0.29) is 18.5 Å². The second kappa shape index (κ2) is 11.8. The van der Waals surface area contributed by atoms with Crippen molar-refractivity contribution in [2.24, 2.45) is 4.99 Å². The van der Waals surface area contributed by atoms with Crippen LogP contribution in [-0.4, -0.2) is 40.5 Å². The van der Waals surface area contributed by atoms with Crippen molar-refractivity contribution in [1.29, 1.82) is 0 Å². The third-order valence-corrected chi connectivity index (χ3v) is 6.90. The first-order valence-electron chi connectivity index (χ1n) is 11.9. The van der Waals surface area contributed by atoms with Gasteiger partial charge in [0.05, 0.1) is 16.6 Å². The molecule has 0 fully saturated rings. The molecule has 1 aliphatic heterocycles. The number of aliphatic imine (C=N–C) groups is 1. The Bertz CT molecular complexity index is 1430. The second-order valence-corrected chi connectivity index (χ2v) is 10.1. The van der Waals surface area contributed by atoms with Crippen LogP contribution in [0.3, 0.4) is 0 Å². The normalized spacial score (nSPS) is 14.9. The summed E-state index contributed by atoms with van der Waals surface area (Å²) in [5, 5.41) is 4.67. The van der Waals surface area contributed by atoms with Gasteiger partial charge in [-0.15, -0.1) is 0 Å². The molecule has 1 N–H and O–H groups in total. The number of hydrogen-bond donors (Lipinski definition) is 1. The zero-order valence-corrected chi connectivity index (χ0v) is 21.9. The number of rotatable bonds is 10. The van der Waals surface area contributed by atoms with Crippen LogP contribution in [0.25, 0.3) is 10.9 Å². The number of hydrogen-bond acceptors (Lipinski definition) is 7. The quantitative estimate of drug-likeness (QED) is 0.239. The van der Waals surface area contributed by atoms with Crippen LogP contribution in [0.4, 0.5) is 15.9 Å². The minimum Gasteiger partial charge on any atom is -0.487 e. The van der Waals surface area contributed by atoms with Gasteiger partial charge in [0.15, 0.2) is 5.90 Å². The maximum atomic E-state index is 13.4. The summed E-state index contributed by atoms with van der Waals surface area (Å²) in [6, 6.07) is 18.0. The minimum atomic E-state index is -0.300. The lowest BCUT2D eigenvalue weighted by atomic mass is 10.1. The molecule has 0 radical (unpaired) electrons. The van der Waals surface area contributed by atoms with Crippen molar-refractivity contribution in [2.45, 2.75) is 25.5 Å². The molecule has 0 unspecified atom stereocenters. The van der Waals surface area contributed by atoms with E-state index in [9.17, 15) is 4.39 Å². The minimum absolute atomic E-state index is 0.219. The number of nitrogens with zero attached hydrogens (tertiary/aromatic N) is 3. The van der Waals surface area contributed by atoms with E-state index in [1.807, 2.05) is 30.0 Å². The lowest BCUT2D eigenvalue weighted by molar-refractivity contribution is 0.306. The molecule has 0 aliphatic carbocycles. The number of nitrogens with one attached hydrogen (secondary N) is 1. The standard InChI is InChI=1S/C28H26ClFN4O2S/c1-37-10-9-22-16-36-27(33-22)13-18-5-7-25-23(12-18)28(32-17-31-25)34-21-6-8-26(24(29)14-21)35-15-19-3-2-4-20(30)11-19/h2-8,11-12,14,17,22H,9-10,13,15-16H2,1H3,(H,31,32,34)/t22-/m0/s1. The molecule has 1 aliphatic rings. The molecule has 0 saturated heterocycles. The lowest BCUT2D eigenvalue weighted by Gasteiger charge is -2.12. The molecule has 190 valence electrons. The first-order chi connectivity index (χ1) is 18.1. The smallest absolute Gasteiger partial charge is 0.188 e. The highest BCUT2D eigenvalue weighted by atomic mass is 35.5. The van der Waals surface area contributed by atoms with E-state index < -0.39 is 0 Å². The highest BCUT2D eigenvalue weighted by Gasteiger charge is 2.19. The number of aromatic nitrogens is 2. The van der Waals surface area contributed by atoms with Gasteiger partial charge >= 0.3 is 0 Å². The van der Waals surface area contributed by atoms with Crippen LogP contribution in [0.15, 0.2) is 72.0 Å². The van der Waals surface area contributed by atoms with Crippen molar-refractivity contribution in [3.8, 4) is 5.75 Å². The Morgan fingerprint density at radius 1 is 1.11 bits per heavy atom. The fraction of sp³-hybridized carbons (Fsp3) is 0.250. The number of thioether (sulfide) groups is 1. The van der Waals surface area contributed by atoms with E-state index in [0.29, 0.717) is 29.6 Å². The molecular weight excluding hydrogens is 511 g/mol. The average molecular weight is 537 g/mol. The van der Waals surface area contributed by atoms with E-state index in [1.54, 1.807) is 24.3 Å². The third kappa shape index (κ3) is 6.50. The van der Waals surface area contributed by atoms with Crippen LogP contribution >= 0.6 is 23.4 Å². The summed E-state index contributed by atoms with van der Waals surface area (Å²) in [4.78, 5) is 13.6. The van der Waals surface area contributed by atoms with Gasteiger partial charge in [-0.1, -0.05) is 29.8 Å². The van der Waals surface area contributed by atoms with Crippen molar-refractivity contribution in [2.75, 3.05) is 23.9 Å². The number of fused-ring (bicyclic) bond motifs is 1. The first-order valence-corrected chi connectivity index (χ1v) is 13.7. The Hall–Kier alpha value is -3.36. The molecule has 0 saturated carbocycles. The first kappa shape index (κ1) is 25.3. The fourth-order valence-electron chi connectivity index (χ4n) is 4.08. The molecule has 0 spiro atoms. The number of halogens is 2. The monoisotopic (exact) mass is 536 g/mol. The fourth-order valence-corrected chi connectivity index (χ4v) is 4.82. The van der Waals surface area contributed by atoms with Crippen molar-refractivity contribution >= 4 is 51.7 Å². The summed E-state index contributed by atoms with van der Waals surface area (Å²) < 4.78 is 25.0.